The smallest absolute Gasteiger partial charge is 0.267 e. The molecule has 2 N–H and O–H groups in total. The zero-order chi connectivity index (χ0) is 20.4. The van der Waals surface area contributed by atoms with E-state index >= 15 is 0 Å². The summed E-state index contributed by atoms with van der Waals surface area (Å²) in [5.41, 5.74) is 6.91. The highest BCUT2D eigenvalue weighted by Gasteiger charge is 2.25. The van der Waals surface area contributed by atoms with Gasteiger partial charge in [0.15, 0.2) is 0 Å². The van der Waals surface area contributed by atoms with Crippen LogP contribution in [0.3, 0.4) is 0 Å². The van der Waals surface area contributed by atoms with Crippen molar-refractivity contribution in [3.63, 3.8) is 0 Å². The number of aromatic nitrogens is 1. The molecular weight excluding hydrogens is 360 g/mol. The Morgan fingerprint density at radius 2 is 1.83 bits per heavy atom. The Kier molecular flexibility index (Phi) is 6.07. The van der Waals surface area contributed by atoms with E-state index in [1.165, 1.54) is 38.5 Å². The van der Waals surface area contributed by atoms with Gasteiger partial charge in [-0.05, 0) is 73.4 Å². The number of rotatable bonds is 6. The lowest BCUT2D eigenvalue weighted by molar-refractivity contribution is 0.0995. The van der Waals surface area contributed by atoms with Crippen molar-refractivity contribution in [3.8, 4) is 5.75 Å². The lowest BCUT2D eigenvalue weighted by atomic mass is 9.80. The summed E-state index contributed by atoms with van der Waals surface area (Å²) >= 11 is 0. The van der Waals surface area contributed by atoms with Gasteiger partial charge >= 0.3 is 0 Å². The van der Waals surface area contributed by atoms with Crippen molar-refractivity contribution in [2.75, 3.05) is 0 Å². The molecule has 2 aliphatic carbocycles. The molecule has 2 aliphatic rings. The van der Waals surface area contributed by atoms with Gasteiger partial charge in [0, 0.05) is 11.1 Å². The van der Waals surface area contributed by atoms with E-state index in [0.29, 0.717) is 17.7 Å². The van der Waals surface area contributed by atoms with E-state index in [1.807, 2.05) is 12.1 Å². The summed E-state index contributed by atoms with van der Waals surface area (Å²) in [5.74, 6) is 2.72. The third-order valence-corrected chi connectivity index (χ3v) is 7.06. The first-order valence-corrected chi connectivity index (χ1v) is 11.4. The Balaban J connectivity index is 1.56. The highest BCUT2D eigenvalue weighted by atomic mass is 16.5. The van der Waals surface area contributed by atoms with Crippen LogP contribution < -0.4 is 10.5 Å². The first-order valence-electron chi connectivity index (χ1n) is 11.4. The Morgan fingerprint density at radius 3 is 2.48 bits per heavy atom. The molecule has 1 amide bonds. The zero-order valence-corrected chi connectivity index (χ0v) is 17.8. The standard InChI is InChI=1S/C25H34N2O2/c1-16(2)18-7-10-20(11-8-18)29-21-12-9-19-14-24(25(26)28)27-23(22(19)15-21)13-17-5-3-4-6-17/h9,12,14-18,20H,3-8,10-11,13H2,1-2H3,(H2,26,28). The Hall–Kier alpha value is -2.10. The van der Waals surface area contributed by atoms with Crippen LogP contribution >= 0.6 is 0 Å². The number of hydrogen-bond donors (Lipinski definition) is 1. The summed E-state index contributed by atoms with van der Waals surface area (Å²) in [6.07, 6.45) is 11.1. The first-order chi connectivity index (χ1) is 14.0. The number of carbonyl (C=O) groups is 1. The van der Waals surface area contributed by atoms with E-state index < -0.39 is 5.91 Å². The summed E-state index contributed by atoms with van der Waals surface area (Å²) in [6.45, 7) is 4.66. The molecule has 2 aromatic rings. The van der Waals surface area contributed by atoms with Crippen LogP contribution in [0.25, 0.3) is 10.8 Å². The summed E-state index contributed by atoms with van der Waals surface area (Å²) in [5, 5.41) is 2.13. The normalized spacial score (nSPS) is 23.0. The molecule has 2 fully saturated rings. The van der Waals surface area contributed by atoms with Crippen LogP contribution in [0.1, 0.15) is 81.4 Å². The molecule has 0 bridgehead atoms. The summed E-state index contributed by atoms with van der Waals surface area (Å²) < 4.78 is 6.37. The molecule has 0 radical (unpaired) electrons. The second kappa shape index (κ2) is 8.73. The maximum absolute atomic E-state index is 11.8. The average Bonchev–Trinajstić information content (AvgIpc) is 3.21. The number of benzene rings is 1. The molecule has 156 valence electrons. The lowest BCUT2D eigenvalue weighted by Crippen LogP contribution is -2.26. The Bertz CT molecular complexity index is 862. The quantitative estimate of drug-likeness (QED) is 0.687. The molecule has 1 aromatic carbocycles. The highest BCUT2D eigenvalue weighted by Crippen LogP contribution is 2.34. The van der Waals surface area contributed by atoms with Gasteiger partial charge in [-0.2, -0.15) is 0 Å². The van der Waals surface area contributed by atoms with E-state index in [-0.39, 0.29) is 0 Å². The molecule has 0 saturated heterocycles. The van der Waals surface area contributed by atoms with Crippen molar-refractivity contribution in [2.45, 2.75) is 77.7 Å². The summed E-state index contributed by atoms with van der Waals surface area (Å²) in [4.78, 5) is 16.4. The maximum Gasteiger partial charge on any atom is 0.267 e. The lowest BCUT2D eigenvalue weighted by Gasteiger charge is -2.31. The fourth-order valence-corrected chi connectivity index (χ4v) is 5.21. The van der Waals surface area contributed by atoms with Crippen LogP contribution in [0, 0.1) is 17.8 Å². The predicted octanol–water partition coefficient (Wildman–Crippen LogP) is 5.66. The third kappa shape index (κ3) is 4.73. The minimum Gasteiger partial charge on any atom is -0.490 e. The number of nitrogens with zero attached hydrogens (tertiary/aromatic N) is 1. The van der Waals surface area contributed by atoms with Gasteiger partial charge in [-0.1, -0.05) is 45.6 Å². The number of hydrogen-bond acceptors (Lipinski definition) is 3. The maximum atomic E-state index is 11.8. The SMILES string of the molecule is CC(C)C1CCC(Oc2ccc3cc(C(N)=O)nc(CC4CCCC4)c3c2)CC1. The summed E-state index contributed by atoms with van der Waals surface area (Å²) in [7, 11) is 0. The van der Waals surface area contributed by atoms with Crippen molar-refractivity contribution in [1.29, 1.82) is 0 Å². The van der Waals surface area contributed by atoms with Crippen LogP contribution in [0.2, 0.25) is 0 Å². The largest absolute Gasteiger partial charge is 0.490 e. The van der Waals surface area contributed by atoms with Crippen LogP contribution in [-0.2, 0) is 6.42 Å². The number of ether oxygens (including phenoxy) is 1. The minimum absolute atomic E-state index is 0.304. The van der Waals surface area contributed by atoms with Crippen LogP contribution in [0.4, 0.5) is 0 Å². The number of primary amides is 1. The molecule has 0 spiro atoms. The average molecular weight is 395 g/mol. The second-order valence-electron chi connectivity index (χ2n) is 9.45. The Labute approximate surface area is 174 Å². The molecule has 29 heavy (non-hydrogen) atoms. The topological polar surface area (TPSA) is 65.2 Å². The minimum atomic E-state index is -0.457. The monoisotopic (exact) mass is 394 g/mol. The van der Waals surface area contributed by atoms with Gasteiger partial charge in [0.25, 0.3) is 5.91 Å². The molecule has 2 saturated carbocycles. The van der Waals surface area contributed by atoms with Gasteiger partial charge in [-0.15, -0.1) is 0 Å². The number of carbonyl (C=O) groups excluding carboxylic acids is 1. The fraction of sp³-hybridized carbons (Fsp3) is 0.600. The van der Waals surface area contributed by atoms with E-state index in [9.17, 15) is 4.79 Å². The molecule has 4 rings (SSSR count). The first kappa shape index (κ1) is 20.2. The highest BCUT2D eigenvalue weighted by molar-refractivity contribution is 5.96. The van der Waals surface area contributed by atoms with Gasteiger partial charge in [0.1, 0.15) is 11.4 Å². The van der Waals surface area contributed by atoms with Crippen molar-refractivity contribution >= 4 is 16.7 Å². The van der Waals surface area contributed by atoms with Crippen LogP contribution in [0.15, 0.2) is 24.3 Å². The number of amides is 1. The molecular formula is C25H34N2O2. The predicted molar refractivity (Wildman–Crippen MR) is 117 cm³/mol. The van der Waals surface area contributed by atoms with E-state index in [1.54, 1.807) is 0 Å². The molecule has 0 unspecified atom stereocenters. The van der Waals surface area contributed by atoms with Crippen molar-refractivity contribution in [2.24, 2.45) is 23.5 Å². The van der Waals surface area contributed by atoms with E-state index in [0.717, 1.165) is 53.3 Å². The molecule has 4 heteroatoms. The number of nitrogens with two attached hydrogens (primary N) is 1. The van der Waals surface area contributed by atoms with Gasteiger partial charge in [-0.25, -0.2) is 4.98 Å². The van der Waals surface area contributed by atoms with E-state index in [2.05, 4.69) is 31.0 Å². The molecule has 1 aromatic heterocycles. The van der Waals surface area contributed by atoms with Crippen LogP contribution in [-0.4, -0.2) is 17.0 Å². The molecule has 4 nitrogen and oxygen atoms in total. The molecule has 0 aliphatic heterocycles. The number of pyridine rings is 1. The Morgan fingerprint density at radius 1 is 1.10 bits per heavy atom. The zero-order valence-electron chi connectivity index (χ0n) is 17.8. The molecule has 1 heterocycles. The third-order valence-electron chi connectivity index (χ3n) is 7.06. The van der Waals surface area contributed by atoms with Gasteiger partial charge < -0.3 is 10.5 Å². The van der Waals surface area contributed by atoms with Crippen LogP contribution in [0.5, 0.6) is 5.75 Å². The summed E-state index contributed by atoms with van der Waals surface area (Å²) in [6, 6.07) is 8.02. The molecule has 0 atom stereocenters. The van der Waals surface area contributed by atoms with Crippen molar-refractivity contribution in [1.82, 2.24) is 4.98 Å². The number of fused-ring (bicyclic) bond motifs is 1. The second-order valence-corrected chi connectivity index (χ2v) is 9.45. The van der Waals surface area contributed by atoms with Gasteiger partial charge in [0.2, 0.25) is 0 Å². The van der Waals surface area contributed by atoms with E-state index in [4.69, 9.17) is 10.5 Å². The van der Waals surface area contributed by atoms with Crippen molar-refractivity contribution < 1.29 is 9.53 Å². The fourth-order valence-electron chi connectivity index (χ4n) is 5.21. The van der Waals surface area contributed by atoms with Gasteiger partial charge in [0.05, 0.1) is 6.10 Å². The van der Waals surface area contributed by atoms with Gasteiger partial charge in [-0.3, -0.25) is 4.79 Å². The van der Waals surface area contributed by atoms with Crippen molar-refractivity contribution in [3.05, 3.63) is 35.7 Å².